The Morgan fingerprint density at radius 3 is 2.62 bits per heavy atom. The third-order valence-corrected chi connectivity index (χ3v) is 5.38. The molecule has 4 nitrogen and oxygen atoms in total. The van der Waals surface area contributed by atoms with Gasteiger partial charge in [-0.1, -0.05) is 30.3 Å². The van der Waals surface area contributed by atoms with Crippen LogP contribution in [0.25, 0.3) is 0 Å². The van der Waals surface area contributed by atoms with Gasteiger partial charge < -0.3 is 5.11 Å². The van der Waals surface area contributed by atoms with E-state index in [0.29, 0.717) is 25.9 Å². The Morgan fingerprint density at radius 2 is 2.00 bits per heavy atom. The second-order valence-electron chi connectivity index (χ2n) is 6.49. The van der Waals surface area contributed by atoms with Crippen molar-refractivity contribution in [2.75, 3.05) is 19.3 Å². The highest BCUT2D eigenvalue weighted by atomic mass is 32.2. The van der Waals surface area contributed by atoms with Gasteiger partial charge in [-0.15, -0.1) is 0 Å². The summed E-state index contributed by atoms with van der Waals surface area (Å²) in [7, 11) is -3.12. The first-order valence-corrected chi connectivity index (χ1v) is 9.32. The lowest BCUT2D eigenvalue weighted by Gasteiger charge is -2.35. The summed E-state index contributed by atoms with van der Waals surface area (Å²) in [5, 5.41) is 10.6. The summed E-state index contributed by atoms with van der Waals surface area (Å²) in [6.45, 7) is 2.99. The molecule has 2 unspecified atom stereocenters. The summed E-state index contributed by atoms with van der Waals surface area (Å²) < 4.78 is 24.8. The summed E-state index contributed by atoms with van der Waals surface area (Å²) >= 11 is 0. The van der Waals surface area contributed by atoms with Crippen LogP contribution in [-0.4, -0.2) is 42.8 Å². The molecule has 1 aromatic rings. The van der Waals surface area contributed by atoms with E-state index in [1.807, 2.05) is 37.3 Å². The lowest BCUT2D eigenvalue weighted by Crippen LogP contribution is -2.42. The van der Waals surface area contributed by atoms with E-state index in [-0.39, 0.29) is 5.92 Å². The largest absolute Gasteiger partial charge is 0.390 e. The quantitative estimate of drug-likeness (QED) is 0.905. The van der Waals surface area contributed by atoms with Gasteiger partial charge in [0.15, 0.2) is 0 Å². The number of aliphatic hydroxyl groups is 1. The Hall–Kier alpha value is -0.910. The highest BCUT2D eigenvalue weighted by molar-refractivity contribution is 7.88. The number of hydrogen-bond acceptors (Lipinski definition) is 3. The molecule has 21 heavy (non-hydrogen) atoms. The number of rotatable bonds is 5. The molecular formula is C16H25NO3S. The highest BCUT2D eigenvalue weighted by Gasteiger charge is 2.31. The second-order valence-corrected chi connectivity index (χ2v) is 8.48. The predicted molar refractivity (Wildman–Crippen MR) is 84.5 cm³/mol. The van der Waals surface area contributed by atoms with Gasteiger partial charge in [-0.3, -0.25) is 0 Å². The first-order chi connectivity index (χ1) is 9.76. The van der Waals surface area contributed by atoms with Crippen LogP contribution in [-0.2, 0) is 16.4 Å². The third-order valence-electron chi connectivity index (χ3n) is 4.11. The maximum Gasteiger partial charge on any atom is 0.211 e. The number of benzene rings is 1. The van der Waals surface area contributed by atoms with Crippen molar-refractivity contribution in [1.82, 2.24) is 4.31 Å². The molecule has 1 heterocycles. The van der Waals surface area contributed by atoms with E-state index in [9.17, 15) is 13.5 Å². The molecule has 0 spiro atoms. The van der Waals surface area contributed by atoms with Crippen molar-refractivity contribution in [1.29, 1.82) is 0 Å². The Morgan fingerprint density at radius 1 is 1.33 bits per heavy atom. The fourth-order valence-electron chi connectivity index (χ4n) is 3.22. The van der Waals surface area contributed by atoms with E-state index in [1.54, 1.807) is 4.31 Å². The highest BCUT2D eigenvalue weighted by Crippen LogP contribution is 2.28. The van der Waals surface area contributed by atoms with Crippen LogP contribution < -0.4 is 0 Å². The fraction of sp³-hybridized carbons (Fsp3) is 0.625. The summed E-state index contributed by atoms with van der Waals surface area (Å²) in [6.07, 6.45) is 4.35. The van der Waals surface area contributed by atoms with Crippen LogP contribution in [0.4, 0.5) is 0 Å². The van der Waals surface area contributed by atoms with Gasteiger partial charge in [0.25, 0.3) is 0 Å². The zero-order valence-corrected chi connectivity index (χ0v) is 13.6. The number of sulfonamides is 1. The average molecular weight is 311 g/mol. The average Bonchev–Trinajstić information content (AvgIpc) is 2.38. The van der Waals surface area contributed by atoms with Crippen LogP contribution >= 0.6 is 0 Å². The SMILES string of the molecule is CC(O)(Cc1ccccc1)CC1CCCN(S(C)(=O)=O)C1. The van der Waals surface area contributed by atoms with Crippen LogP contribution in [0.1, 0.15) is 31.7 Å². The smallest absolute Gasteiger partial charge is 0.211 e. The lowest BCUT2D eigenvalue weighted by molar-refractivity contribution is 0.0252. The lowest BCUT2D eigenvalue weighted by atomic mass is 9.83. The zero-order valence-electron chi connectivity index (χ0n) is 12.8. The number of piperidine rings is 1. The molecule has 0 amide bonds. The van der Waals surface area contributed by atoms with E-state index in [4.69, 9.17) is 0 Å². The van der Waals surface area contributed by atoms with Crippen molar-refractivity contribution >= 4 is 10.0 Å². The van der Waals surface area contributed by atoms with Gasteiger partial charge in [0.05, 0.1) is 11.9 Å². The molecule has 118 valence electrons. The minimum atomic E-state index is -3.12. The number of nitrogens with zero attached hydrogens (tertiary/aromatic N) is 1. The van der Waals surface area contributed by atoms with Crippen LogP contribution in [0.15, 0.2) is 30.3 Å². The topological polar surface area (TPSA) is 57.6 Å². The summed E-state index contributed by atoms with van der Waals surface area (Å²) in [5.74, 6) is 0.229. The van der Waals surface area contributed by atoms with Gasteiger partial charge in [-0.2, -0.15) is 0 Å². The van der Waals surface area contributed by atoms with Crippen molar-refractivity contribution in [3.63, 3.8) is 0 Å². The molecule has 2 atom stereocenters. The molecule has 5 heteroatoms. The van der Waals surface area contributed by atoms with E-state index < -0.39 is 15.6 Å². The summed E-state index contributed by atoms with van der Waals surface area (Å²) in [5.41, 5.74) is 0.310. The first-order valence-electron chi connectivity index (χ1n) is 7.48. The normalized spacial score (nSPS) is 23.7. The van der Waals surface area contributed by atoms with Crippen molar-refractivity contribution < 1.29 is 13.5 Å². The molecule has 0 aromatic heterocycles. The van der Waals surface area contributed by atoms with Crippen LogP contribution in [0.3, 0.4) is 0 Å². The van der Waals surface area contributed by atoms with E-state index in [1.165, 1.54) is 6.26 Å². The van der Waals surface area contributed by atoms with Crippen molar-refractivity contribution in [2.45, 2.75) is 38.2 Å². The Bertz CT molecular complexity index is 554. The van der Waals surface area contributed by atoms with Crippen LogP contribution in [0, 0.1) is 5.92 Å². The fourth-order valence-corrected chi connectivity index (χ4v) is 4.17. The minimum Gasteiger partial charge on any atom is -0.390 e. The molecule has 1 aromatic carbocycles. The zero-order chi connectivity index (χ0) is 15.5. The van der Waals surface area contributed by atoms with Crippen LogP contribution in [0.5, 0.6) is 0 Å². The van der Waals surface area contributed by atoms with Gasteiger partial charge in [-0.25, -0.2) is 12.7 Å². The minimum absolute atomic E-state index is 0.229. The second kappa shape index (κ2) is 6.46. The van der Waals surface area contributed by atoms with Crippen molar-refractivity contribution in [3.05, 3.63) is 35.9 Å². The van der Waals surface area contributed by atoms with Gasteiger partial charge >= 0.3 is 0 Å². The summed E-state index contributed by atoms with van der Waals surface area (Å²) in [4.78, 5) is 0. The molecule has 1 saturated heterocycles. The van der Waals surface area contributed by atoms with Crippen molar-refractivity contribution in [2.24, 2.45) is 5.92 Å². The Labute approximate surface area is 127 Å². The molecule has 1 fully saturated rings. The van der Waals surface area contributed by atoms with E-state index >= 15 is 0 Å². The molecule has 2 rings (SSSR count). The number of hydrogen-bond donors (Lipinski definition) is 1. The third kappa shape index (κ3) is 5.09. The van der Waals surface area contributed by atoms with E-state index in [0.717, 1.165) is 18.4 Å². The molecule has 0 saturated carbocycles. The maximum atomic E-state index is 11.7. The molecule has 1 aliphatic rings. The molecular weight excluding hydrogens is 286 g/mol. The standard InChI is InChI=1S/C16H25NO3S/c1-16(18,11-14-7-4-3-5-8-14)12-15-9-6-10-17(13-15)21(2,19)20/h3-5,7-8,15,18H,6,9-13H2,1-2H3. The molecule has 0 radical (unpaired) electrons. The van der Waals surface area contributed by atoms with Gasteiger partial charge in [0.2, 0.25) is 10.0 Å². The van der Waals surface area contributed by atoms with Gasteiger partial charge in [0.1, 0.15) is 0 Å². The Kier molecular flexibility index (Phi) is 5.07. The van der Waals surface area contributed by atoms with Crippen LogP contribution in [0.2, 0.25) is 0 Å². The molecule has 1 aliphatic heterocycles. The van der Waals surface area contributed by atoms with Gasteiger partial charge in [0, 0.05) is 19.5 Å². The predicted octanol–water partition coefficient (Wildman–Crippen LogP) is 2.04. The van der Waals surface area contributed by atoms with E-state index in [2.05, 4.69) is 0 Å². The molecule has 0 bridgehead atoms. The monoisotopic (exact) mass is 311 g/mol. The maximum absolute atomic E-state index is 11.7. The molecule has 0 aliphatic carbocycles. The first kappa shape index (κ1) is 16.5. The van der Waals surface area contributed by atoms with Gasteiger partial charge in [-0.05, 0) is 37.7 Å². The van der Waals surface area contributed by atoms with Crippen molar-refractivity contribution in [3.8, 4) is 0 Å². The molecule has 1 N–H and O–H groups in total. The Balaban J connectivity index is 1.96. The summed E-state index contributed by atoms with van der Waals surface area (Å²) in [6, 6.07) is 9.93.